The molecule has 1 aliphatic carbocycles. The summed E-state index contributed by atoms with van der Waals surface area (Å²) in [6, 6.07) is 1.53. The van der Waals surface area contributed by atoms with Crippen LogP contribution in [0.5, 0.6) is 0 Å². The van der Waals surface area contributed by atoms with Crippen LogP contribution in [0.4, 0.5) is 0 Å². The maximum absolute atomic E-state index is 12.0. The van der Waals surface area contributed by atoms with Crippen LogP contribution >= 0.6 is 0 Å². The van der Waals surface area contributed by atoms with E-state index in [4.69, 9.17) is 9.26 Å². The minimum atomic E-state index is -0.531. The number of ether oxygens (including phenoxy) is 1. The zero-order valence-corrected chi connectivity index (χ0v) is 11.5. The summed E-state index contributed by atoms with van der Waals surface area (Å²) in [7, 11) is 0. The second-order valence-corrected chi connectivity index (χ2v) is 5.63. The standard InChI is InChI=1S/C14H17NO4/c1-8-5-10(16)7-14(3,4)12(8)18-13(17)11-6-9(2)19-15-11/h5-6,12H,7H2,1-4H3. The first-order valence-corrected chi connectivity index (χ1v) is 6.15. The SMILES string of the molecule is CC1=CC(=O)CC(C)(C)C1OC(=O)c1cc(C)on1. The Kier molecular flexibility index (Phi) is 3.30. The van der Waals surface area contributed by atoms with Gasteiger partial charge in [0.25, 0.3) is 0 Å². The molecular formula is C14H17NO4. The fourth-order valence-corrected chi connectivity index (χ4v) is 2.42. The van der Waals surface area contributed by atoms with Gasteiger partial charge < -0.3 is 9.26 Å². The second kappa shape index (κ2) is 4.64. The topological polar surface area (TPSA) is 69.4 Å². The number of rotatable bonds is 2. The number of ketones is 1. The Hall–Kier alpha value is -1.91. The van der Waals surface area contributed by atoms with Crippen LogP contribution in [-0.4, -0.2) is 23.0 Å². The maximum Gasteiger partial charge on any atom is 0.361 e. The zero-order chi connectivity index (χ0) is 14.2. The summed E-state index contributed by atoms with van der Waals surface area (Å²) in [5.41, 5.74) is 0.498. The van der Waals surface area contributed by atoms with E-state index in [2.05, 4.69) is 5.16 Å². The Bertz CT molecular complexity index is 554. The largest absolute Gasteiger partial charge is 0.452 e. The molecule has 1 aromatic heterocycles. The molecule has 0 bridgehead atoms. The fraction of sp³-hybridized carbons (Fsp3) is 0.500. The molecular weight excluding hydrogens is 246 g/mol. The number of aromatic nitrogens is 1. The van der Waals surface area contributed by atoms with Crippen LogP contribution < -0.4 is 0 Å². The van der Waals surface area contributed by atoms with Crippen molar-refractivity contribution in [1.29, 1.82) is 0 Å². The van der Waals surface area contributed by atoms with E-state index < -0.39 is 17.5 Å². The highest BCUT2D eigenvalue weighted by Crippen LogP contribution is 2.36. The predicted octanol–water partition coefficient (Wildman–Crippen LogP) is 2.45. The molecule has 0 radical (unpaired) electrons. The van der Waals surface area contributed by atoms with Crippen molar-refractivity contribution in [3.8, 4) is 0 Å². The normalized spacial score (nSPS) is 22.0. The number of nitrogens with zero attached hydrogens (tertiary/aromatic N) is 1. The van der Waals surface area contributed by atoms with Crippen LogP contribution in [0.1, 0.15) is 43.4 Å². The molecule has 1 aromatic rings. The summed E-state index contributed by atoms with van der Waals surface area (Å²) in [4.78, 5) is 23.5. The Morgan fingerprint density at radius 1 is 1.47 bits per heavy atom. The lowest BCUT2D eigenvalue weighted by Crippen LogP contribution is -2.39. The van der Waals surface area contributed by atoms with Crippen molar-refractivity contribution in [2.75, 3.05) is 0 Å². The lowest BCUT2D eigenvalue weighted by atomic mass is 9.74. The third-order valence-electron chi connectivity index (χ3n) is 3.20. The zero-order valence-electron chi connectivity index (χ0n) is 11.5. The number of esters is 1. The van der Waals surface area contributed by atoms with Gasteiger partial charge in [0.05, 0.1) is 0 Å². The first-order valence-electron chi connectivity index (χ1n) is 6.15. The van der Waals surface area contributed by atoms with E-state index in [1.807, 2.05) is 13.8 Å². The molecule has 0 N–H and O–H groups in total. The minimum Gasteiger partial charge on any atom is -0.452 e. The lowest BCUT2D eigenvalue weighted by molar-refractivity contribution is -0.119. The molecule has 1 unspecified atom stereocenters. The smallest absolute Gasteiger partial charge is 0.361 e. The van der Waals surface area contributed by atoms with Crippen LogP contribution in [0.15, 0.2) is 22.2 Å². The summed E-state index contributed by atoms with van der Waals surface area (Å²) >= 11 is 0. The average molecular weight is 263 g/mol. The van der Waals surface area contributed by atoms with Crippen molar-refractivity contribution >= 4 is 11.8 Å². The van der Waals surface area contributed by atoms with Crippen LogP contribution in [0.3, 0.4) is 0 Å². The maximum atomic E-state index is 12.0. The summed E-state index contributed by atoms with van der Waals surface area (Å²) < 4.78 is 10.3. The van der Waals surface area contributed by atoms with Gasteiger partial charge in [-0.15, -0.1) is 0 Å². The van der Waals surface area contributed by atoms with Gasteiger partial charge in [-0.3, -0.25) is 4.79 Å². The van der Waals surface area contributed by atoms with Crippen molar-refractivity contribution in [1.82, 2.24) is 5.16 Å². The van der Waals surface area contributed by atoms with Crippen molar-refractivity contribution < 1.29 is 18.8 Å². The first-order chi connectivity index (χ1) is 8.79. The molecule has 0 fully saturated rings. The lowest BCUT2D eigenvalue weighted by Gasteiger charge is -2.36. The summed E-state index contributed by atoms with van der Waals surface area (Å²) in [5.74, 6) is 0.0846. The molecule has 102 valence electrons. The van der Waals surface area contributed by atoms with Gasteiger partial charge in [-0.05, 0) is 25.5 Å². The molecule has 0 saturated carbocycles. The second-order valence-electron chi connectivity index (χ2n) is 5.63. The minimum absolute atomic E-state index is 0.0621. The number of hydrogen-bond donors (Lipinski definition) is 0. The van der Waals surface area contributed by atoms with Gasteiger partial charge in [0.2, 0.25) is 0 Å². The van der Waals surface area contributed by atoms with Gasteiger partial charge in [-0.1, -0.05) is 19.0 Å². The molecule has 19 heavy (non-hydrogen) atoms. The van der Waals surface area contributed by atoms with Crippen molar-refractivity contribution in [3.05, 3.63) is 29.2 Å². The molecule has 1 aliphatic rings. The van der Waals surface area contributed by atoms with E-state index in [0.717, 1.165) is 5.57 Å². The summed E-state index contributed by atoms with van der Waals surface area (Å²) in [6.07, 6.45) is 1.48. The number of allylic oxidation sites excluding steroid dienone is 1. The Balaban J connectivity index is 2.20. The molecule has 1 heterocycles. The molecule has 0 aromatic carbocycles. The Morgan fingerprint density at radius 3 is 2.68 bits per heavy atom. The van der Waals surface area contributed by atoms with E-state index in [1.54, 1.807) is 13.8 Å². The van der Waals surface area contributed by atoms with Crippen LogP contribution in [0, 0.1) is 12.3 Å². The molecule has 0 saturated heterocycles. The average Bonchev–Trinajstić information content (AvgIpc) is 2.69. The van der Waals surface area contributed by atoms with E-state index >= 15 is 0 Å². The van der Waals surface area contributed by atoms with Gasteiger partial charge in [0.15, 0.2) is 11.5 Å². The first kappa shape index (κ1) is 13.5. The molecule has 1 atom stereocenters. The fourth-order valence-electron chi connectivity index (χ4n) is 2.42. The molecule has 5 heteroatoms. The third-order valence-corrected chi connectivity index (χ3v) is 3.20. The van der Waals surface area contributed by atoms with Crippen LogP contribution in [-0.2, 0) is 9.53 Å². The van der Waals surface area contributed by atoms with Crippen molar-refractivity contribution in [2.24, 2.45) is 5.41 Å². The number of carbonyl (C=O) groups is 2. The highest BCUT2D eigenvalue weighted by atomic mass is 16.5. The van der Waals surface area contributed by atoms with Gasteiger partial charge in [0.1, 0.15) is 11.9 Å². The molecule has 2 rings (SSSR count). The van der Waals surface area contributed by atoms with Crippen molar-refractivity contribution in [2.45, 2.75) is 40.2 Å². The molecule has 5 nitrogen and oxygen atoms in total. The molecule has 0 aliphatic heterocycles. The monoisotopic (exact) mass is 263 g/mol. The highest BCUT2D eigenvalue weighted by molar-refractivity contribution is 5.93. The Labute approximate surface area is 111 Å². The summed E-state index contributed by atoms with van der Waals surface area (Å²) in [6.45, 7) is 7.32. The summed E-state index contributed by atoms with van der Waals surface area (Å²) in [5, 5.41) is 3.63. The molecule has 0 amide bonds. The Morgan fingerprint density at radius 2 is 2.16 bits per heavy atom. The van der Waals surface area contributed by atoms with Crippen molar-refractivity contribution in [3.63, 3.8) is 0 Å². The molecule has 0 spiro atoms. The number of hydrogen-bond acceptors (Lipinski definition) is 5. The van der Waals surface area contributed by atoms with E-state index in [1.165, 1.54) is 12.1 Å². The van der Waals surface area contributed by atoms with Gasteiger partial charge in [-0.2, -0.15) is 0 Å². The van der Waals surface area contributed by atoms with Crippen LogP contribution in [0.25, 0.3) is 0 Å². The van der Waals surface area contributed by atoms with E-state index in [0.29, 0.717) is 12.2 Å². The number of carbonyl (C=O) groups excluding carboxylic acids is 2. The van der Waals surface area contributed by atoms with Gasteiger partial charge in [0, 0.05) is 17.9 Å². The number of aryl methyl sites for hydroxylation is 1. The van der Waals surface area contributed by atoms with Crippen LogP contribution in [0.2, 0.25) is 0 Å². The quantitative estimate of drug-likeness (QED) is 0.766. The highest BCUT2D eigenvalue weighted by Gasteiger charge is 2.39. The van der Waals surface area contributed by atoms with E-state index in [-0.39, 0.29) is 11.5 Å². The third kappa shape index (κ3) is 2.75. The van der Waals surface area contributed by atoms with Gasteiger partial charge >= 0.3 is 5.97 Å². The predicted molar refractivity (Wildman–Crippen MR) is 67.6 cm³/mol. The van der Waals surface area contributed by atoms with E-state index in [9.17, 15) is 9.59 Å². The van der Waals surface area contributed by atoms with Gasteiger partial charge in [-0.25, -0.2) is 4.79 Å².